The smallest absolute Gasteiger partial charge is 0.229 e. The lowest BCUT2D eigenvalue weighted by Gasteiger charge is -2.42. The van der Waals surface area contributed by atoms with Crippen molar-refractivity contribution in [2.45, 2.75) is 32.6 Å². The maximum Gasteiger partial charge on any atom is 0.229 e. The number of allylic oxidation sites excluding steroid dienone is 1. The Hall–Kier alpha value is -2.71. The lowest BCUT2D eigenvalue weighted by molar-refractivity contribution is -0.129. The van der Waals surface area contributed by atoms with Gasteiger partial charge in [0.1, 0.15) is 0 Å². The Morgan fingerprint density at radius 2 is 1.93 bits per heavy atom. The highest BCUT2D eigenvalue weighted by Crippen LogP contribution is 2.43. The Morgan fingerprint density at radius 3 is 2.64 bits per heavy atom. The number of amides is 1. The van der Waals surface area contributed by atoms with Crippen LogP contribution >= 0.6 is 11.8 Å². The summed E-state index contributed by atoms with van der Waals surface area (Å²) in [6.45, 7) is 4.69. The average Bonchev–Trinajstić information content (AvgIpc) is 2.74. The molecular weight excluding hydrogens is 366 g/mol. The van der Waals surface area contributed by atoms with Gasteiger partial charge in [-0.3, -0.25) is 9.69 Å². The van der Waals surface area contributed by atoms with Crippen molar-refractivity contribution >= 4 is 23.4 Å². The molecule has 2 aliphatic rings. The Kier molecular flexibility index (Phi) is 5.15. The molecule has 1 atom stereocenters. The number of fused-ring (bicyclic) bond motifs is 1. The molecule has 0 bridgehead atoms. The van der Waals surface area contributed by atoms with Gasteiger partial charge >= 0.3 is 0 Å². The van der Waals surface area contributed by atoms with Crippen molar-refractivity contribution in [3.63, 3.8) is 0 Å². The Balaban J connectivity index is 1.67. The molecule has 0 saturated carbocycles. The quantitative estimate of drug-likeness (QED) is 0.758. The number of carbonyl (C=O) groups excluding carboxylic acids is 1. The van der Waals surface area contributed by atoms with Gasteiger partial charge in [0.05, 0.1) is 29.2 Å². The standard InChI is InChI=1S/C23H23N3OS/c1-3-17-6-4-5-7-21(17)25-14-26-22(27)12-19(18-10-8-16(2)9-11-18)20(13-24)23(26)28-15-25/h4-11,19H,3,12,14-15H2,1-2H3/t19-/m1/s1. The molecule has 2 aliphatic heterocycles. The van der Waals surface area contributed by atoms with E-state index in [1.807, 2.05) is 37.3 Å². The third kappa shape index (κ3) is 3.29. The molecule has 1 amide bonds. The van der Waals surface area contributed by atoms with E-state index in [-0.39, 0.29) is 11.8 Å². The van der Waals surface area contributed by atoms with Gasteiger partial charge in [-0.1, -0.05) is 66.7 Å². The molecule has 1 saturated heterocycles. The summed E-state index contributed by atoms with van der Waals surface area (Å²) in [5.41, 5.74) is 5.39. The summed E-state index contributed by atoms with van der Waals surface area (Å²) in [7, 11) is 0. The van der Waals surface area contributed by atoms with Crippen LogP contribution in [0.15, 0.2) is 59.1 Å². The molecule has 28 heavy (non-hydrogen) atoms. The van der Waals surface area contributed by atoms with Crippen LogP contribution in [0.3, 0.4) is 0 Å². The van der Waals surface area contributed by atoms with Crippen molar-refractivity contribution in [2.75, 3.05) is 17.4 Å². The van der Waals surface area contributed by atoms with E-state index < -0.39 is 0 Å². The molecule has 0 N–H and O–H groups in total. The lowest BCUT2D eigenvalue weighted by Crippen LogP contribution is -2.47. The number of nitriles is 1. The maximum atomic E-state index is 13.0. The zero-order chi connectivity index (χ0) is 19.7. The Bertz CT molecular complexity index is 974. The summed E-state index contributed by atoms with van der Waals surface area (Å²) < 4.78 is 0. The zero-order valence-electron chi connectivity index (χ0n) is 16.2. The fourth-order valence-corrected chi connectivity index (χ4v) is 5.07. The van der Waals surface area contributed by atoms with E-state index in [0.29, 0.717) is 13.1 Å². The van der Waals surface area contributed by atoms with E-state index >= 15 is 0 Å². The first-order valence-corrected chi connectivity index (χ1v) is 10.6. The second kappa shape index (κ2) is 7.73. The number of rotatable bonds is 3. The number of anilines is 1. The molecule has 2 heterocycles. The van der Waals surface area contributed by atoms with E-state index in [2.05, 4.69) is 36.1 Å². The summed E-state index contributed by atoms with van der Waals surface area (Å²) >= 11 is 1.60. The fraction of sp³-hybridized carbons (Fsp3) is 0.304. The van der Waals surface area contributed by atoms with Gasteiger partial charge in [-0.2, -0.15) is 5.26 Å². The summed E-state index contributed by atoms with van der Waals surface area (Å²) in [6.07, 6.45) is 1.30. The van der Waals surface area contributed by atoms with E-state index in [1.165, 1.54) is 16.8 Å². The number of hydrogen-bond acceptors (Lipinski definition) is 4. The van der Waals surface area contributed by atoms with Gasteiger partial charge in [-0.15, -0.1) is 0 Å². The van der Waals surface area contributed by atoms with Crippen LogP contribution in [0.1, 0.15) is 36.0 Å². The first-order valence-electron chi connectivity index (χ1n) is 9.59. The SMILES string of the molecule is CCc1ccccc1N1CSC2=C(C#N)[C@@H](c3ccc(C)cc3)CC(=O)N2C1. The predicted molar refractivity (Wildman–Crippen MR) is 114 cm³/mol. The number of carbonyl (C=O) groups is 1. The van der Waals surface area contributed by atoms with Gasteiger partial charge in [0.2, 0.25) is 5.91 Å². The second-order valence-corrected chi connectivity index (χ2v) is 8.19. The van der Waals surface area contributed by atoms with Crippen molar-refractivity contribution in [1.82, 2.24) is 4.90 Å². The minimum Gasteiger partial charge on any atom is -0.343 e. The first-order chi connectivity index (χ1) is 13.6. The van der Waals surface area contributed by atoms with Crippen LogP contribution in [0.5, 0.6) is 0 Å². The summed E-state index contributed by atoms with van der Waals surface area (Å²) in [5.74, 6) is 0.680. The molecule has 0 unspecified atom stereocenters. The van der Waals surface area contributed by atoms with Gasteiger partial charge in [-0.05, 0) is 30.5 Å². The average molecular weight is 390 g/mol. The molecule has 1 fully saturated rings. The van der Waals surface area contributed by atoms with Crippen LogP contribution in [0.25, 0.3) is 0 Å². The minimum atomic E-state index is -0.147. The third-order valence-corrected chi connectivity index (χ3v) is 6.64. The van der Waals surface area contributed by atoms with Crippen LogP contribution < -0.4 is 4.90 Å². The molecule has 0 aliphatic carbocycles. The third-order valence-electron chi connectivity index (χ3n) is 5.49. The lowest BCUT2D eigenvalue weighted by atomic mass is 9.86. The highest BCUT2D eigenvalue weighted by atomic mass is 32.2. The van der Waals surface area contributed by atoms with Crippen molar-refractivity contribution in [2.24, 2.45) is 0 Å². The first kappa shape index (κ1) is 18.6. The molecule has 142 valence electrons. The highest BCUT2D eigenvalue weighted by molar-refractivity contribution is 8.03. The van der Waals surface area contributed by atoms with Crippen LogP contribution in [0.4, 0.5) is 5.69 Å². The minimum absolute atomic E-state index is 0.0887. The number of thioether (sulfide) groups is 1. The van der Waals surface area contributed by atoms with Crippen LogP contribution in [-0.4, -0.2) is 23.4 Å². The topological polar surface area (TPSA) is 47.3 Å². The summed E-state index contributed by atoms with van der Waals surface area (Å²) in [5, 5.41) is 10.7. The maximum absolute atomic E-state index is 13.0. The molecular formula is C23H23N3OS. The Labute approximate surface area is 170 Å². The van der Waals surface area contributed by atoms with Crippen molar-refractivity contribution < 1.29 is 4.79 Å². The molecule has 4 nitrogen and oxygen atoms in total. The van der Waals surface area contributed by atoms with Gasteiger partial charge < -0.3 is 4.90 Å². The fourth-order valence-electron chi connectivity index (χ4n) is 3.92. The van der Waals surface area contributed by atoms with Crippen molar-refractivity contribution in [3.8, 4) is 6.07 Å². The zero-order valence-corrected chi connectivity index (χ0v) is 17.0. The molecule has 2 aromatic carbocycles. The normalized spacial score (nSPS) is 19.5. The van der Waals surface area contributed by atoms with Crippen LogP contribution in [-0.2, 0) is 11.2 Å². The van der Waals surface area contributed by atoms with Crippen LogP contribution in [0.2, 0.25) is 0 Å². The number of hydrogen-bond donors (Lipinski definition) is 0. The Morgan fingerprint density at radius 1 is 1.18 bits per heavy atom. The molecule has 0 spiro atoms. The number of benzene rings is 2. The van der Waals surface area contributed by atoms with Crippen molar-refractivity contribution in [3.05, 3.63) is 75.8 Å². The van der Waals surface area contributed by atoms with Gasteiger partial charge in [-0.25, -0.2) is 0 Å². The summed E-state index contributed by atoms with van der Waals surface area (Å²) in [6, 6.07) is 18.9. The number of aryl methyl sites for hydroxylation is 2. The molecule has 4 rings (SSSR count). The summed E-state index contributed by atoms with van der Waals surface area (Å²) in [4.78, 5) is 17.0. The highest BCUT2D eigenvalue weighted by Gasteiger charge is 2.38. The molecule has 2 aromatic rings. The van der Waals surface area contributed by atoms with Crippen molar-refractivity contribution in [1.29, 1.82) is 5.26 Å². The van der Waals surface area contributed by atoms with Gasteiger partial charge in [0, 0.05) is 18.0 Å². The van der Waals surface area contributed by atoms with E-state index in [0.717, 1.165) is 28.5 Å². The second-order valence-electron chi connectivity index (χ2n) is 7.26. The van der Waals surface area contributed by atoms with E-state index in [9.17, 15) is 10.1 Å². The van der Waals surface area contributed by atoms with E-state index in [1.54, 1.807) is 16.7 Å². The molecule has 5 heteroatoms. The number of para-hydroxylation sites is 1. The van der Waals surface area contributed by atoms with Crippen LogP contribution in [0, 0.1) is 18.3 Å². The number of nitrogens with zero attached hydrogens (tertiary/aromatic N) is 3. The monoisotopic (exact) mass is 389 g/mol. The molecule has 0 aromatic heterocycles. The predicted octanol–water partition coefficient (Wildman–Crippen LogP) is 4.78. The van der Waals surface area contributed by atoms with Gasteiger partial charge in [0.25, 0.3) is 0 Å². The van der Waals surface area contributed by atoms with E-state index in [4.69, 9.17) is 0 Å². The van der Waals surface area contributed by atoms with Gasteiger partial charge in [0.15, 0.2) is 0 Å². The molecule has 0 radical (unpaired) electrons. The largest absolute Gasteiger partial charge is 0.343 e.